The van der Waals surface area contributed by atoms with E-state index < -0.39 is 40.5 Å². The molecule has 39 heavy (non-hydrogen) atoms. The van der Waals surface area contributed by atoms with Crippen LogP contribution >= 0.6 is 0 Å². The number of aldehydes is 1. The number of carbonyl (C=O) groups excluding carboxylic acids is 1. The van der Waals surface area contributed by atoms with Crippen LogP contribution in [0.4, 0.5) is 0 Å². The zero-order valence-electron chi connectivity index (χ0n) is 21.8. The van der Waals surface area contributed by atoms with Crippen LogP contribution in [0.2, 0.25) is 0 Å². The van der Waals surface area contributed by atoms with Crippen molar-refractivity contribution < 1.29 is 44.5 Å². The smallest absolute Gasteiger partial charge is 0.327 e. The topological polar surface area (TPSA) is 146 Å². The Hall–Kier alpha value is -3.43. The molecule has 3 unspecified atom stereocenters. The van der Waals surface area contributed by atoms with Crippen LogP contribution in [0, 0.1) is 17.3 Å². The van der Waals surface area contributed by atoms with Crippen LogP contribution in [0.15, 0.2) is 70.5 Å². The second-order valence-corrected chi connectivity index (χ2v) is 11.6. The number of benzene rings is 1. The molecule has 0 spiro atoms. The van der Waals surface area contributed by atoms with E-state index in [-0.39, 0.29) is 24.4 Å². The highest BCUT2D eigenvalue weighted by molar-refractivity contribution is 5.74. The molecule has 5 N–H and O–H groups in total. The maximum Gasteiger partial charge on any atom is 0.327 e. The summed E-state index contributed by atoms with van der Waals surface area (Å²) in [5.41, 5.74) is 3.93. The molecule has 6 atom stereocenters. The standard InChI is InChI=1S/C30H34O9/c1-29-12-21(17-4-2-16(13-31)3-5-17)23-19-9-11-37-14-18(19)6-7-20(23)22(29)8-10-30(29,36)15-38-28-26(34)24(32)25(33)27(35)39-28/h2-5,13-14,20-22,28,32-36H,6-12,15H2,1H3/t20?,21-,22?,28?,29+,30-/m1/s1. The predicted molar refractivity (Wildman–Crippen MR) is 139 cm³/mol. The van der Waals surface area contributed by atoms with Gasteiger partial charge < -0.3 is 39.7 Å². The molecule has 2 heterocycles. The molecule has 2 saturated carbocycles. The molecule has 1 aromatic carbocycles. The van der Waals surface area contributed by atoms with Gasteiger partial charge in [-0.2, -0.15) is 0 Å². The fourth-order valence-corrected chi connectivity index (χ4v) is 7.75. The summed E-state index contributed by atoms with van der Waals surface area (Å²) in [6.07, 6.45) is 5.84. The van der Waals surface area contributed by atoms with Gasteiger partial charge in [0.1, 0.15) is 6.29 Å². The first-order valence-electron chi connectivity index (χ1n) is 13.5. The highest BCUT2D eigenvalue weighted by Crippen LogP contribution is 2.66. The number of rotatable bonds is 5. The van der Waals surface area contributed by atoms with E-state index in [1.54, 1.807) is 0 Å². The van der Waals surface area contributed by atoms with Crippen molar-refractivity contribution in [2.24, 2.45) is 17.3 Å². The van der Waals surface area contributed by atoms with E-state index in [0.29, 0.717) is 25.0 Å². The van der Waals surface area contributed by atoms with Gasteiger partial charge in [0.05, 0.1) is 25.1 Å². The average molecular weight is 539 g/mol. The summed E-state index contributed by atoms with van der Waals surface area (Å²) in [6, 6.07) is 7.69. The summed E-state index contributed by atoms with van der Waals surface area (Å²) in [5, 5.41) is 51.7. The number of fused-ring (bicyclic) bond motifs is 4. The molecule has 1 aromatic rings. The van der Waals surface area contributed by atoms with Crippen LogP contribution < -0.4 is 0 Å². The molecule has 6 rings (SSSR count). The van der Waals surface area contributed by atoms with Gasteiger partial charge in [-0.1, -0.05) is 36.8 Å². The van der Waals surface area contributed by atoms with Crippen molar-refractivity contribution >= 4 is 6.29 Å². The molecular formula is C30H34O9. The van der Waals surface area contributed by atoms with Crippen LogP contribution in [-0.2, 0) is 14.2 Å². The molecule has 5 aliphatic rings. The second-order valence-electron chi connectivity index (χ2n) is 11.6. The Balaban J connectivity index is 1.35. The lowest BCUT2D eigenvalue weighted by Gasteiger charge is -2.54. The van der Waals surface area contributed by atoms with Crippen molar-refractivity contribution in [1.29, 1.82) is 0 Å². The van der Waals surface area contributed by atoms with Crippen LogP contribution in [0.1, 0.15) is 67.3 Å². The van der Waals surface area contributed by atoms with E-state index in [1.807, 2.05) is 30.5 Å². The Morgan fingerprint density at radius 1 is 1.08 bits per heavy atom. The number of hydrogen-bond acceptors (Lipinski definition) is 9. The molecule has 0 radical (unpaired) electrons. The molecule has 0 aromatic heterocycles. The number of hydrogen-bond donors (Lipinski definition) is 5. The third-order valence-corrected chi connectivity index (χ3v) is 9.86. The average Bonchev–Trinajstić information content (AvgIpc) is 3.22. The van der Waals surface area contributed by atoms with Crippen molar-refractivity contribution in [1.82, 2.24) is 0 Å². The molecule has 208 valence electrons. The van der Waals surface area contributed by atoms with Crippen molar-refractivity contribution in [2.75, 3.05) is 13.2 Å². The van der Waals surface area contributed by atoms with E-state index in [2.05, 4.69) is 6.92 Å². The number of allylic oxidation sites excluding steroid dienone is 2. The zero-order chi connectivity index (χ0) is 27.5. The normalized spacial score (nSPS) is 35.9. The molecule has 0 saturated heterocycles. The van der Waals surface area contributed by atoms with Crippen LogP contribution in [0.3, 0.4) is 0 Å². The highest BCUT2D eigenvalue weighted by atomic mass is 16.7. The van der Waals surface area contributed by atoms with Gasteiger partial charge in [-0.15, -0.1) is 0 Å². The third-order valence-electron chi connectivity index (χ3n) is 9.86. The first kappa shape index (κ1) is 25.8. The quantitative estimate of drug-likeness (QED) is 0.322. The fourth-order valence-electron chi connectivity index (χ4n) is 7.75. The number of aliphatic hydroxyl groups is 5. The fraction of sp³-hybridized carbons (Fsp3) is 0.500. The minimum absolute atomic E-state index is 0.0329. The Morgan fingerprint density at radius 2 is 1.85 bits per heavy atom. The summed E-state index contributed by atoms with van der Waals surface area (Å²) in [7, 11) is 0. The van der Waals surface area contributed by atoms with Crippen LogP contribution in [0.25, 0.3) is 0 Å². The van der Waals surface area contributed by atoms with E-state index in [4.69, 9.17) is 14.2 Å². The maximum atomic E-state index is 12.2. The minimum atomic E-state index is -1.56. The molecule has 0 bridgehead atoms. The first-order valence-corrected chi connectivity index (χ1v) is 13.5. The Bertz CT molecular complexity index is 1310. The van der Waals surface area contributed by atoms with Crippen LogP contribution in [0.5, 0.6) is 0 Å². The lowest BCUT2D eigenvalue weighted by atomic mass is 9.51. The maximum absolute atomic E-state index is 12.2. The molecule has 2 aliphatic heterocycles. The molecule has 3 aliphatic carbocycles. The molecule has 0 amide bonds. The summed E-state index contributed by atoms with van der Waals surface area (Å²) in [4.78, 5) is 11.3. The van der Waals surface area contributed by atoms with Gasteiger partial charge in [0.2, 0.25) is 17.3 Å². The second kappa shape index (κ2) is 9.34. The van der Waals surface area contributed by atoms with Crippen LogP contribution in [-0.4, -0.2) is 56.9 Å². The van der Waals surface area contributed by atoms with Gasteiger partial charge in [-0.3, -0.25) is 4.79 Å². The summed E-state index contributed by atoms with van der Waals surface area (Å²) in [6.45, 7) is 2.55. The van der Waals surface area contributed by atoms with Crippen molar-refractivity contribution in [3.8, 4) is 0 Å². The van der Waals surface area contributed by atoms with Crippen molar-refractivity contribution in [3.63, 3.8) is 0 Å². The largest absolute Gasteiger partial charge is 0.503 e. The summed E-state index contributed by atoms with van der Waals surface area (Å²) < 4.78 is 16.5. The summed E-state index contributed by atoms with van der Waals surface area (Å²) in [5.74, 6) is -3.14. The van der Waals surface area contributed by atoms with E-state index in [0.717, 1.165) is 37.5 Å². The van der Waals surface area contributed by atoms with Gasteiger partial charge >= 0.3 is 5.95 Å². The Kier molecular flexibility index (Phi) is 6.19. The molecular weight excluding hydrogens is 504 g/mol. The van der Waals surface area contributed by atoms with Gasteiger partial charge in [-0.25, -0.2) is 0 Å². The van der Waals surface area contributed by atoms with Crippen molar-refractivity contribution in [3.05, 3.63) is 81.6 Å². The molecule has 9 nitrogen and oxygen atoms in total. The molecule has 9 heteroatoms. The first-order chi connectivity index (χ1) is 18.7. The van der Waals surface area contributed by atoms with Gasteiger partial charge in [0.25, 0.3) is 6.29 Å². The lowest BCUT2D eigenvalue weighted by molar-refractivity contribution is -0.202. The predicted octanol–water partition coefficient (Wildman–Crippen LogP) is 5.13. The number of aliphatic hydroxyl groups excluding tert-OH is 4. The highest BCUT2D eigenvalue weighted by Gasteiger charge is 2.63. The van der Waals surface area contributed by atoms with Gasteiger partial charge in [0.15, 0.2) is 0 Å². The lowest BCUT2D eigenvalue weighted by Crippen LogP contribution is -2.54. The SMILES string of the molecule is C[C@]12C[C@H](c3ccc(C=O)cc3)C3=C4CCOC=C4CCC3C1CC[C@@]2(O)COC1OC(O)=C(O)C(O)=C1O. The number of carbonyl (C=O) groups is 1. The van der Waals surface area contributed by atoms with E-state index >= 15 is 0 Å². The monoisotopic (exact) mass is 538 g/mol. The van der Waals surface area contributed by atoms with Crippen molar-refractivity contribution in [2.45, 2.75) is 63.3 Å². The Morgan fingerprint density at radius 3 is 2.59 bits per heavy atom. The third kappa shape index (κ3) is 3.93. The van der Waals surface area contributed by atoms with Gasteiger partial charge in [0, 0.05) is 23.3 Å². The van der Waals surface area contributed by atoms with Gasteiger partial charge in [-0.05, 0) is 60.6 Å². The minimum Gasteiger partial charge on any atom is -0.503 e. The Labute approximate surface area is 226 Å². The van der Waals surface area contributed by atoms with E-state index in [9.17, 15) is 30.3 Å². The van der Waals surface area contributed by atoms with E-state index in [1.165, 1.54) is 16.7 Å². The number of ether oxygens (including phenoxy) is 3. The zero-order valence-corrected chi connectivity index (χ0v) is 21.8. The summed E-state index contributed by atoms with van der Waals surface area (Å²) >= 11 is 0. The molecule has 2 fully saturated rings.